The van der Waals surface area contributed by atoms with E-state index in [1.165, 1.54) is 0 Å². The topological polar surface area (TPSA) is 64.0 Å². The minimum Gasteiger partial charge on any atom is -0.332 e. The number of benzene rings is 2. The summed E-state index contributed by atoms with van der Waals surface area (Å²) in [6, 6.07) is 21.8. The van der Waals surface area contributed by atoms with Crippen LogP contribution >= 0.6 is 11.8 Å². The first-order valence-corrected chi connectivity index (χ1v) is 11.0. The number of aromatic nitrogens is 2. The van der Waals surface area contributed by atoms with Gasteiger partial charge in [0, 0.05) is 46.6 Å². The van der Waals surface area contributed by atoms with Crippen molar-refractivity contribution >= 4 is 29.1 Å². The Morgan fingerprint density at radius 1 is 0.935 bits per heavy atom. The van der Waals surface area contributed by atoms with Gasteiger partial charge in [-0.25, -0.2) is 0 Å². The lowest BCUT2D eigenvalue weighted by Gasteiger charge is -2.12. The third-order valence-corrected chi connectivity index (χ3v) is 6.55. The van der Waals surface area contributed by atoms with Gasteiger partial charge < -0.3 is 9.88 Å². The number of hydrogen-bond donors (Lipinski definition) is 1. The Morgan fingerprint density at radius 3 is 2.55 bits per heavy atom. The van der Waals surface area contributed by atoms with Gasteiger partial charge in [-0.2, -0.15) is 0 Å². The highest BCUT2D eigenvalue weighted by atomic mass is 32.2. The fraction of sp³-hybridized carbons (Fsp3) is 0.0800. The average Bonchev–Trinajstić information content (AvgIpc) is 3.43. The van der Waals surface area contributed by atoms with Crippen molar-refractivity contribution in [3.05, 3.63) is 119 Å². The van der Waals surface area contributed by atoms with Crippen LogP contribution in [0.5, 0.6) is 0 Å². The summed E-state index contributed by atoms with van der Waals surface area (Å²) in [6.45, 7) is 0. The summed E-state index contributed by atoms with van der Waals surface area (Å²) in [5.74, 6) is 0.469. The van der Waals surface area contributed by atoms with Crippen molar-refractivity contribution in [2.45, 2.75) is 11.1 Å². The summed E-state index contributed by atoms with van der Waals surface area (Å²) >= 11 is 1.80. The number of nitrogens with one attached hydrogen (secondary N) is 1. The van der Waals surface area contributed by atoms with Crippen LogP contribution in [0.25, 0.3) is 0 Å². The third-order valence-electron chi connectivity index (χ3n) is 5.30. The molecule has 152 valence electrons. The predicted octanol–water partition coefficient (Wildman–Crippen LogP) is 5.16. The maximum Gasteiger partial charge on any atom is 0.255 e. The second-order valence-electron chi connectivity index (χ2n) is 7.26. The van der Waals surface area contributed by atoms with E-state index in [1.54, 1.807) is 54.4 Å². The smallest absolute Gasteiger partial charge is 0.255 e. The summed E-state index contributed by atoms with van der Waals surface area (Å²) in [5.41, 5.74) is 4.55. The molecule has 4 aromatic rings. The van der Waals surface area contributed by atoms with E-state index in [0.29, 0.717) is 16.7 Å². The van der Waals surface area contributed by atoms with Crippen LogP contribution in [0.1, 0.15) is 42.9 Å². The van der Waals surface area contributed by atoms with Crippen LogP contribution in [0.4, 0.5) is 5.69 Å². The second kappa shape index (κ2) is 8.24. The van der Waals surface area contributed by atoms with Gasteiger partial charge in [0.25, 0.3) is 5.91 Å². The van der Waals surface area contributed by atoms with Gasteiger partial charge in [-0.3, -0.25) is 14.6 Å². The molecule has 1 amide bonds. The Bertz CT molecular complexity index is 1250. The van der Waals surface area contributed by atoms with Crippen LogP contribution in [-0.4, -0.2) is 21.2 Å². The van der Waals surface area contributed by atoms with Crippen LogP contribution in [-0.2, 0) is 5.75 Å². The maximum absolute atomic E-state index is 12.9. The largest absolute Gasteiger partial charge is 0.332 e. The van der Waals surface area contributed by atoms with Crippen molar-refractivity contribution in [3.8, 4) is 0 Å². The lowest BCUT2D eigenvalue weighted by atomic mass is 10.0. The van der Waals surface area contributed by atoms with Gasteiger partial charge in [-0.15, -0.1) is 11.8 Å². The van der Waals surface area contributed by atoms with Crippen molar-refractivity contribution in [2.24, 2.45) is 0 Å². The Labute approximate surface area is 184 Å². The monoisotopic (exact) mass is 425 g/mol. The van der Waals surface area contributed by atoms with Gasteiger partial charge >= 0.3 is 0 Å². The first-order chi connectivity index (χ1) is 15.2. The standard InChI is InChI=1S/C25H19N3O2S/c29-23(17-6-2-1-3-7-17)18-8-4-9-19(14-18)24(30)27-21-11-13-28-22(21)16-31-25(28)20-10-5-12-26-15-20/h1-15,25H,16H2,(H,27,30). The molecule has 0 fully saturated rings. The molecule has 31 heavy (non-hydrogen) atoms. The molecular formula is C25H19N3O2S. The van der Waals surface area contributed by atoms with E-state index in [2.05, 4.69) is 20.9 Å². The molecule has 1 aliphatic rings. The molecular weight excluding hydrogens is 406 g/mol. The molecule has 3 heterocycles. The molecule has 0 bridgehead atoms. The number of amides is 1. The van der Waals surface area contributed by atoms with Crippen molar-refractivity contribution in [1.82, 2.24) is 9.55 Å². The van der Waals surface area contributed by atoms with E-state index < -0.39 is 0 Å². The zero-order chi connectivity index (χ0) is 21.2. The number of pyridine rings is 1. The molecule has 5 rings (SSSR count). The fourth-order valence-corrected chi connectivity index (χ4v) is 5.05. The molecule has 0 saturated heterocycles. The van der Waals surface area contributed by atoms with Crippen LogP contribution in [0.15, 0.2) is 91.4 Å². The lowest BCUT2D eigenvalue weighted by Crippen LogP contribution is -2.14. The van der Waals surface area contributed by atoms with E-state index in [9.17, 15) is 9.59 Å². The van der Waals surface area contributed by atoms with Gasteiger partial charge in [0.2, 0.25) is 0 Å². The van der Waals surface area contributed by atoms with E-state index in [4.69, 9.17) is 0 Å². The van der Waals surface area contributed by atoms with Crippen LogP contribution in [0.2, 0.25) is 0 Å². The minimum absolute atomic E-state index is 0.101. The highest BCUT2D eigenvalue weighted by molar-refractivity contribution is 7.99. The highest BCUT2D eigenvalue weighted by Gasteiger charge is 2.27. The van der Waals surface area contributed by atoms with Crippen molar-refractivity contribution in [3.63, 3.8) is 0 Å². The molecule has 1 aliphatic heterocycles. The summed E-state index contributed by atoms with van der Waals surface area (Å²) in [5, 5.41) is 3.17. The first kappa shape index (κ1) is 19.3. The molecule has 2 aromatic heterocycles. The van der Waals surface area contributed by atoms with Gasteiger partial charge in [-0.1, -0.05) is 48.5 Å². The van der Waals surface area contributed by atoms with E-state index >= 15 is 0 Å². The number of carbonyl (C=O) groups is 2. The molecule has 1 N–H and O–H groups in total. The van der Waals surface area contributed by atoms with Crippen molar-refractivity contribution in [1.29, 1.82) is 0 Å². The normalized spacial score (nSPS) is 14.8. The summed E-state index contributed by atoms with van der Waals surface area (Å²) in [7, 11) is 0. The van der Waals surface area contributed by atoms with E-state index in [0.717, 1.165) is 22.7 Å². The number of carbonyl (C=O) groups excluding carboxylic acids is 2. The predicted molar refractivity (Wildman–Crippen MR) is 122 cm³/mol. The third kappa shape index (κ3) is 3.78. The van der Waals surface area contributed by atoms with Crippen molar-refractivity contribution in [2.75, 3.05) is 5.32 Å². The number of ketones is 1. The van der Waals surface area contributed by atoms with Crippen molar-refractivity contribution < 1.29 is 9.59 Å². The Kier molecular flexibility index (Phi) is 5.14. The molecule has 1 atom stereocenters. The summed E-state index contributed by atoms with van der Waals surface area (Å²) in [4.78, 5) is 29.9. The Balaban J connectivity index is 1.36. The zero-order valence-corrected chi connectivity index (χ0v) is 17.4. The molecule has 6 heteroatoms. The molecule has 0 aliphatic carbocycles. The van der Waals surface area contributed by atoms with Gasteiger partial charge in [0.05, 0.1) is 11.4 Å². The van der Waals surface area contributed by atoms with Gasteiger partial charge in [0.15, 0.2) is 5.78 Å². The fourth-order valence-electron chi connectivity index (χ4n) is 3.74. The SMILES string of the molecule is O=C(Nc1ccn2c1CSC2c1cccnc1)c1cccc(C(=O)c2ccccc2)c1. The molecule has 0 radical (unpaired) electrons. The molecule has 5 nitrogen and oxygen atoms in total. The summed E-state index contributed by atoms with van der Waals surface area (Å²) in [6.07, 6.45) is 5.64. The van der Waals surface area contributed by atoms with Crippen LogP contribution in [0, 0.1) is 0 Å². The number of thioether (sulfide) groups is 1. The second-order valence-corrected chi connectivity index (χ2v) is 8.33. The Morgan fingerprint density at radius 2 is 1.74 bits per heavy atom. The maximum atomic E-state index is 12.9. The number of nitrogens with zero attached hydrogens (tertiary/aromatic N) is 2. The summed E-state index contributed by atoms with van der Waals surface area (Å²) < 4.78 is 2.17. The number of rotatable bonds is 5. The minimum atomic E-state index is -0.230. The Hall–Kier alpha value is -3.64. The van der Waals surface area contributed by atoms with Crippen LogP contribution < -0.4 is 5.32 Å². The molecule has 0 spiro atoms. The van der Waals surface area contributed by atoms with Crippen LogP contribution in [0.3, 0.4) is 0 Å². The first-order valence-electron chi connectivity index (χ1n) is 9.93. The quantitative estimate of drug-likeness (QED) is 0.449. The average molecular weight is 426 g/mol. The van der Waals surface area contributed by atoms with Gasteiger partial charge in [-0.05, 0) is 24.3 Å². The lowest BCUT2D eigenvalue weighted by molar-refractivity contribution is 0.102. The van der Waals surface area contributed by atoms with E-state index in [-0.39, 0.29) is 17.1 Å². The molecule has 0 saturated carbocycles. The van der Waals surface area contributed by atoms with Gasteiger partial charge in [0.1, 0.15) is 5.37 Å². The van der Waals surface area contributed by atoms with E-state index in [1.807, 2.05) is 42.7 Å². The zero-order valence-electron chi connectivity index (χ0n) is 16.6. The number of hydrogen-bond acceptors (Lipinski definition) is 4. The number of anilines is 1. The number of fused-ring (bicyclic) bond motifs is 1. The highest BCUT2D eigenvalue weighted by Crippen LogP contribution is 2.43. The molecule has 1 unspecified atom stereocenters. The molecule has 2 aromatic carbocycles.